The minimum Gasteiger partial charge on any atom is -0.493 e. The molecular weight excluding hydrogens is 625 g/mol. The fourth-order valence-electron chi connectivity index (χ4n) is 3.43. The van der Waals surface area contributed by atoms with Gasteiger partial charge in [-0.2, -0.15) is 0 Å². The Bertz CT molecular complexity index is 1430. The van der Waals surface area contributed by atoms with E-state index in [1.807, 2.05) is 22.6 Å². The number of methoxy groups -OCH3 is 1. The molecule has 1 aliphatic heterocycles. The largest absolute Gasteiger partial charge is 0.493 e. The van der Waals surface area contributed by atoms with Crippen LogP contribution in [-0.4, -0.2) is 25.0 Å². The fourth-order valence-corrected chi connectivity index (χ4v) is 4.50. The van der Waals surface area contributed by atoms with E-state index in [0.717, 1.165) is 4.90 Å². The highest BCUT2D eigenvalue weighted by molar-refractivity contribution is 14.1. The highest BCUT2D eigenvalue weighted by Gasteiger charge is 2.37. The van der Waals surface area contributed by atoms with Crippen molar-refractivity contribution >= 4 is 75.4 Å². The molecule has 0 atom stereocenters. The number of amides is 4. The lowest BCUT2D eigenvalue weighted by molar-refractivity contribution is -0.122. The summed E-state index contributed by atoms with van der Waals surface area (Å²) in [5, 5.41) is 2.55. The summed E-state index contributed by atoms with van der Waals surface area (Å²) < 4.78 is 25.4. The minimum absolute atomic E-state index is 0.103. The van der Waals surface area contributed by atoms with Gasteiger partial charge in [-0.3, -0.25) is 14.9 Å². The van der Waals surface area contributed by atoms with Gasteiger partial charge in [0.1, 0.15) is 18.0 Å². The number of rotatable bonds is 6. The number of barbiturate groups is 1. The van der Waals surface area contributed by atoms with Crippen LogP contribution in [0.3, 0.4) is 0 Å². The molecule has 1 fully saturated rings. The molecule has 11 heteroatoms. The van der Waals surface area contributed by atoms with Gasteiger partial charge in [0, 0.05) is 0 Å². The Kier molecular flexibility index (Phi) is 7.82. The van der Waals surface area contributed by atoms with Gasteiger partial charge in [-0.1, -0.05) is 35.3 Å². The molecule has 1 N–H and O–H groups in total. The standard InChI is InChI=1S/C25H16Cl2FIN2O5/c1-35-21-10-14(9-20(29)22(21)36-12-13-3-2-4-15(28)7-13)8-17-23(32)30-25(34)31(24(17)33)16-5-6-18(26)19(27)11-16/h2-11H,12H2,1H3,(H,30,32,34)/b17-8+. The van der Waals surface area contributed by atoms with E-state index in [1.54, 1.807) is 24.3 Å². The number of carbonyl (C=O) groups excluding carboxylic acids is 3. The molecule has 0 saturated carbocycles. The van der Waals surface area contributed by atoms with Gasteiger partial charge >= 0.3 is 6.03 Å². The number of halogens is 4. The first kappa shape index (κ1) is 25.9. The molecule has 3 aromatic rings. The predicted molar refractivity (Wildman–Crippen MR) is 142 cm³/mol. The molecule has 184 valence electrons. The van der Waals surface area contributed by atoms with Crippen LogP contribution in [0.1, 0.15) is 11.1 Å². The summed E-state index contributed by atoms with van der Waals surface area (Å²) in [6.45, 7) is 0.103. The summed E-state index contributed by atoms with van der Waals surface area (Å²) in [5.41, 5.74) is 0.970. The number of hydrogen-bond acceptors (Lipinski definition) is 5. The van der Waals surface area contributed by atoms with Crippen molar-refractivity contribution in [3.05, 3.63) is 90.7 Å². The lowest BCUT2D eigenvalue weighted by Crippen LogP contribution is -2.54. The highest BCUT2D eigenvalue weighted by Crippen LogP contribution is 2.36. The topological polar surface area (TPSA) is 84.9 Å². The van der Waals surface area contributed by atoms with Gasteiger partial charge in [0.15, 0.2) is 11.5 Å². The quantitative estimate of drug-likeness (QED) is 0.203. The smallest absolute Gasteiger partial charge is 0.335 e. The zero-order valence-corrected chi connectivity index (χ0v) is 22.2. The lowest BCUT2D eigenvalue weighted by Gasteiger charge is -2.26. The number of nitrogens with zero attached hydrogens (tertiary/aromatic N) is 1. The second-order valence-electron chi connectivity index (χ2n) is 7.51. The minimum atomic E-state index is -0.909. The maximum atomic E-state index is 13.5. The average molecular weight is 641 g/mol. The molecule has 4 rings (SSSR count). The summed E-state index contributed by atoms with van der Waals surface area (Å²) in [4.78, 5) is 38.9. The number of nitrogens with one attached hydrogen (secondary N) is 1. The van der Waals surface area contributed by atoms with Gasteiger partial charge in [-0.15, -0.1) is 0 Å². The van der Waals surface area contributed by atoms with Crippen molar-refractivity contribution in [1.82, 2.24) is 5.32 Å². The number of ether oxygens (including phenoxy) is 2. The number of carbonyl (C=O) groups is 3. The molecule has 0 bridgehead atoms. The second-order valence-corrected chi connectivity index (χ2v) is 9.49. The van der Waals surface area contributed by atoms with Crippen LogP contribution in [0.4, 0.5) is 14.9 Å². The van der Waals surface area contributed by atoms with Gasteiger partial charge < -0.3 is 9.47 Å². The first-order valence-corrected chi connectivity index (χ1v) is 12.1. The molecule has 1 heterocycles. The molecular formula is C25H16Cl2FIN2O5. The molecule has 0 unspecified atom stereocenters. The third-order valence-corrected chi connectivity index (χ3v) is 6.64. The lowest BCUT2D eigenvalue weighted by atomic mass is 10.1. The summed E-state index contributed by atoms with van der Waals surface area (Å²) in [5.74, 6) is -1.30. The molecule has 36 heavy (non-hydrogen) atoms. The molecule has 0 aliphatic carbocycles. The molecule has 0 aromatic heterocycles. The van der Waals surface area contributed by atoms with Crippen LogP contribution in [0, 0.1) is 9.39 Å². The van der Waals surface area contributed by atoms with E-state index in [4.69, 9.17) is 32.7 Å². The maximum absolute atomic E-state index is 13.5. The van der Waals surface area contributed by atoms with Crippen LogP contribution in [-0.2, 0) is 16.2 Å². The third kappa shape index (κ3) is 5.48. The monoisotopic (exact) mass is 640 g/mol. The molecule has 1 saturated heterocycles. The Morgan fingerprint density at radius 1 is 1.06 bits per heavy atom. The zero-order valence-electron chi connectivity index (χ0n) is 18.5. The van der Waals surface area contributed by atoms with Gasteiger partial charge in [0.2, 0.25) is 0 Å². The number of urea groups is 1. The van der Waals surface area contributed by atoms with Crippen LogP contribution >= 0.6 is 45.8 Å². The first-order valence-electron chi connectivity index (χ1n) is 10.3. The maximum Gasteiger partial charge on any atom is 0.335 e. The van der Waals surface area contributed by atoms with Crippen LogP contribution in [0.2, 0.25) is 10.0 Å². The molecule has 0 spiro atoms. The Labute approximate surface area is 228 Å². The van der Waals surface area contributed by atoms with E-state index in [9.17, 15) is 18.8 Å². The fraction of sp³-hybridized carbons (Fsp3) is 0.0800. The molecule has 0 radical (unpaired) electrons. The Morgan fingerprint density at radius 2 is 1.83 bits per heavy atom. The third-order valence-electron chi connectivity index (χ3n) is 5.10. The van der Waals surface area contributed by atoms with E-state index in [-0.39, 0.29) is 33.7 Å². The van der Waals surface area contributed by atoms with Gasteiger partial charge in [-0.25, -0.2) is 14.1 Å². The summed E-state index contributed by atoms with van der Waals surface area (Å²) in [6.07, 6.45) is 1.34. The Balaban J connectivity index is 1.65. The molecule has 7 nitrogen and oxygen atoms in total. The molecule has 1 aliphatic rings. The van der Waals surface area contributed by atoms with E-state index < -0.39 is 17.8 Å². The Morgan fingerprint density at radius 3 is 2.53 bits per heavy atom. The van der Waals surface area contributed by atoms with Crippen molar-refractivity contribution in [2.45, 2.75) is 6.61 Å². The van der Waals surface area contributed by atoms with Crippen molar-refractivity contribution in [1.29, 1.82) is 0 Å². The van der Waals surface area contributed by atoms with E-state index in [0.29, 0.717) is 26.2 Å². The van der Waals surface area contributed by atoms with E-state index in [1.165, 1.54) is 43.5 Å². The number of hydrogen-bond donors (Lipinski definition) is 1. The highest BCUT2D eigenvalue weighted by atomic mass is 127. The van der Waals surface area contributed by atoms with E-state index >= 15 is 0 Å². The van der Waals surface area contributed by atoms with Crippen molar-refractivity contribution in [2.24, 2.45) is 0 Å². The Hall–Kier alpha value is -3.15. The second kappa shape index (κ2) is 10.9. The van der Waals surface area contributed by atoms with Gasteiger partial charge in [0.05, 0.1) is 26.4 Å². The van der Waals surface area contributed by atoms with Crippen LogP contribution in [0.5, 0.6) is 11.5 Å². The first-order chi connectivity index (χ1) is 17.2. The molecule has 3 aromatic carbocycles. The average Bonchev–Trinajstić information content (AvgIpc) is 2.83. The SMILES string of the molecule is COc1cc(/C=C2\C(=O)NC(=O)N(c3ccc(Cl)c(Cl)c3)C2=O)cc(I)c1OCc1cccc(F)c1. The number of imide groups is 2. The van der Waals surface area contributed by atoms with Crippen molar-refractivity contribution < 1.29 is 28.2 Å². The van der Waals surface area contributed by atoms with Crippen LogP contribution < -0.4 is 19.7 Å². The predicted octanol–water partition coefficient (Wildman–Crippen LogP) is 5.99. The van der Waals surface area contributed by atoms with Gasteiger partial charge in [0.25, 0.3) is 11.8 Å². The summed E-state index contributed by atoms with van der Waals surface area (Å²) in [6, 6.07) is 12.6. The van der Waals surface area contributed by atoms with Crippen molar-refractivity contribution in [2.75, 3.05) is 12.0 Å². The van der Waals surface area contributed by atoms with Gasteiger partial charge in [-0.05, 0) is 82.3 Å². The van der Waals surface area contributed by atoms with Crippen LogP contribution in [0.25, 0.3) is 6.08 Å². The van der Waals surface area contributed by atoms with Crippen molar-refractivity contribution in [3.8, 4) is 11.5 Å². The van der Waals surface area contributed by atoms with Crippen LogP contribution in [0.15, 0.2) is 60.2 Å². The normalized spacial score (nSPS) is 14.8. The zero-order chi connectivity index (χ0) is 26.0. The molecule has 4 amide bonds. The number of anilines is 1. The summed E-state index contributed by atoms with van der Waals surface area (Å²) >= 11 is 14.0. The van der Waals surface area contributed by atoms with E-state index in [2.05, 4.69) is 5.32 Å². The number of benzene rings is 3. The summed E-state index contributed by atoms with van der Waals surface area (Å²) in [7, 11) is 1.44. The van der Waals surface area contributed by atoms with Crippen molar-refractivity contribution in [3.63, 3.8) is 0 Å².